The maximum atomic E-state index is 9.81. The minimum atomic E-state index is -0.496. The standard InChI is InChI=1S/C32H26BNO2/c1-30(2)31(3,4)36-33(35-30)21-14-16-25-24-15-13-20(19-34)17-28(24)32(29(25)18-21)26-11-7-5-9-22(26)23-10-6-8-12-27(23)32/h5-18H,1-4H3. The second-order valence-electron chi connectivity index (χ2n) is 11.1. The number of fused-ring (bicyclic) bond motifs is 10. The van der Waals surface area contributed by atoms with E-state index in [1.807, 2.05) is 6.07 Å². The van der Waals surface area contributed by atoms with Gasteiger partial charge in [-0.1, -0.05) is 72.8 Å². The molecule has 0 amide bonds. The van der Waals surface area contributed by atoms with Crippen molar-refractivity contribution >= 4 is 12.6 Å². The van der Waals surface area contributed by atoms with Crippen molar-refractivity contribution in [2.75, 3.05) is 0 Å². The molecule has 0 aromatic heterocycles. The molecule has 2 aliphatic carbocycles. The summed E-state index contributed by atoms with van der Waals surface area (Å²) in [6.45, 7) is 8.35. The van der Waals surface area contributed by atoms with Crippen LogP contribution in [0.5, 0.6) is 0 Å². The van der Waals surface area contributed by atoms with Gasteiger partial charge in [0.2, 0.25) is 0 Å². The van der Waals surface area contributed by atoms with Gasteiger partial charge in [-0.25, -0.2) is 0 Å². The summed E-state index contributed by atoms with van der Waals surface area (Å²) in [7, 11) is -0.442. The Labute approximate surface area is 212 Å². The third kappa shape index (κ3) is 2.55. The first-order chi connectivity index (χ1) is 17.3. The Balaban J connectivity index is 1.55. The fourth-order valence-corrected chi connectivity index (χ4v) is 6.35. The van der Waals surface area contributed by atoms with Crippen molar-refractivity contribution in [3.05, 3.63) is 113 Å². The van der Waals surface area contributed by atoms with Gasteiger partial charge in [-0.2, -0.15) is 5.26 Å². The van der Waals surface area contributed by atoms with E-state index < -0.39 is 23.7 Å². The van der Waals surface area contributed by atoms with E-state index in [1.165, 1.54) is 44.5 Å². The van der Waals surface area contributed by atoms with Crippen LogP contribution in [0.25, 0.3) is 22.3 Å². The van der Waals surface area contributed by atoms with Crippen molar-refractivity contribution in [3.8, 4) is 28.3 Å². The molecule has 0 bridgehead atoms. The van der Waals surface area contributed by atoms with E-state index in [-0.39, 0.29) is 0 Å². The molecule has 3 nitrogen and oxygen atoms in total. The van der Waals surface area contributed by atoms with Crippen LogP contribution in [-0.2, 0) is 14.7 Å². The molecule has 1 saturated heterocycles. The molecule has 1 spiro atoms. The van der Waals surface area contributed by atoms with Crippen molar-refractivity contribution in [3.63, 3.8) is 0 Å². The highest BCUT2D eigenvalue weighted by Crippen LogP contribution is 2.62. The van der Waals surface area contributed by atoms with Gasteiger partial charge in [0.15, 0.2) is 0 Å². The zero-order chi connectivity index (χ0) is 24.9. The third-order valence-corrected chi connectivity index (χ3v) is 8.77. The zero-order valence-corrected chi connectivity index (χ0v) is 20.9. The quantitative estimate of drug-likeness (QED) is 0.271. The van der Waals surface area contributed by atoms with Crippen molar-refractivity contribution in [2.24, 2.45) is 0 Å². The summed E-state index contributed by atoms with van der Waals surface area (Å²) in [6, 6.07) is 32.5. The van der Waals surface area contributed by atoms with Gasteiger partial charge in [0.25, 0.3) is 0 Å². The average Bonchev–Trinajstić information content (AvgIpc) is 3.43. The molecule has 1 aliphatic heterocycles. The molecular formula is C32H26BNO2. The Morgan fingerprint density at radius 2 is 1.11 bits per heavy atom. The van der Waals surface area contributed by atoms with E-state index in [2.05, 4.69) is 113 Å². The molecule has 4 aromatic carbocycles. The Morgan fingerprint density at radius 3 is 1.69 bits per heavy atom. The fraction of sp³-hybridized carbons (Fsp3) is 0.219. The number of hydrogen-bond donors (Lipinski definition) is 0. The minimum absolute atomic E-state index is 0.411. The van der Waals surface area contributed by atoms with Crippen LogP contribution in [0.2, 0.25) is 0 Å². The van der Waals surface area contributed by atoms with E-state index in [1.54, 1.807) is 0 Å². The molecular weight excluding hydrogens is 441 g/mol. The smallest absolute Gasteiger partial charge is 0.399 e. The molecule has 0 N–H and O–H groups in total. The molecule has 3 aliphatic rings. The van der Waals surface area contributed by atoms with Crippen molar-refractivity contribution in [1.29, 1.82) is 5.26 Å². The SMILES string of the molecule is CC1(C)OB(c2ccc3c(c2)C2(c4ccccc4-c4ccccc42)c2cc(C#N)ccc2-3)OC1(C)C. The van der Waals surface area contributed by atoms with Crippen LogP contribution in [0.1, 0.15) is 55.5 Å². The van der Waals surface area contributed by atoms with Crippen LogP contribution in [0, 0.1) is 11.3 Å². The maximum Gasteiger partial charge on any atom is 0.494 e. The van der Waals surface area contributed by atoms with Crippen LogP contribution in [0.3, 0.4) is 0 Å². The van der Waals surface area contributed by atoms with E-state index >= 15 is 0 Å². The first-order valence-corrected chi connectivity index (χ1v) is 12.5. The van der Waals surface area contributed by atoms with Gasteiger partial charge in [-0.15, -0.1) is 0 Å². The third-order valence-electron chi connectivity index (χ3n) is 8.77. The highest BCUT2D eigenvalue weighted by atomic mass is 16.7. The zero-order valence-electron chi connectivity index (χ0n) is 20.9. The lowest BCUT2D eigenvalue weighted by Gasteiger charge is -2.32. The minimum Gasteiger partial charge on any atom is -0.399 e. The molecule has 174 valence electrons. The number of nitrogens with zero attached hydrogens (tertiary/aromatic N) is 1. The first kappa shape index (κ1) is 21.6. The summed E-state index contributed by atoms with van der Waals surface area (Å²) in [5, 5.41) is 9.81. The molecule has 0 atom stereocenters. The van der Waals surface area contributed by atoms with Gasteiger partial charge in [0.05, 0.1) is 28.2 Å². The Morgan fingerprint density at radius 1 is 0.611 bits per heavy atom. The van der Waals surface area contributed by atoms with Gasteiger partial charge >= 0.3 is 7.12 Å². The predicted octanol–water partition coefficient (Wildman–Crippen LogP) is 6.20. The highest BCUT2D eigenvalue weighted by Gasteiger charge is 2.54. The van der Waals surface area contributed by atoms with Crippen molar-refractivity contribution in [1.82, 2.24) is 0 Å². The normalized spacial score (nSPS) is 18.9. The molecule has 1 heterocycles. The van der Waals surface area contributed by atoms with Gasteiger partial charge < -0.3 is 9.31 Å². The Kier molecular flexibility index (Phi) is 4.19. The fourth-order valence-electron chi connectivity index (χ4n) is 6.35. The van der Waals surface area contributed by atoms with Gasteiger partial charge in [-0.05, 0) is 89.8 Å². The van der Waals surface area contributed by atoms with Gasteiger partial charge in [0.1, 0.15) is 0 Å². The van der Waals surface area contributed by atoms with Crippen LogP contribution < -0.4 is 5.46 Å². The summed E-state index contributed by atoms with van der Waals surface area (Å²) >= 11 is 0. The average molecular weight is 467 g/mol. The summed E-state index contributed by atoms with van der Waals surface area (Å²) in [4.78, 5) is 0. The molecule has 4 aromatic rings. The van der Waals surface area contributed by atoms with E-state index in [0.717, 1.165) is 5.46 Å². The van der Waals surface area contributed by atoms with Crippen LogP contribution in [-0.4, -0.2) is 18.3 Å². The number of benzene rings is 4. The lowest BCUT2D eigenvalue weighted by atomic mass is 9.68. The Hall–Kier alpha value is -3.65. The summed E-state index contributed by atoms with van der Waals surface area (Å²) in [6.07, 6.45) is 0. The molecule has 36 heavy (non-hydrogen) atoms. The molecule has 7 rings (SSSR count). The van der Waals surface area contributed by atoms with Crippen molar-refractivity contribution < 1.29 is 9.31 Å². The largest absolute Gasteiger partial charge is 0.494 e. The number of hydrogen-bond acceptors (Lipinski definition) is 3. The first-order valence-electron chi connectivity index (χ1n) is 12.5. The molecule has 0 unspecified atom stereocenters. The second kappa shape index (κ2) is 6.98. The number of rotatable bonds is 1. The number of nitriles is 1. The van der Waals surface area contributed by atoms with Gasteiger partial charge in [-0.3, -0.25) is 0 Å². The van der Waals surface area contributed by atoms with Crippen molar-refractivity contribution in [2.45, 2.75) is 44.3 Å². The highest BCUT2D eigenvalue weighted by molar-refractivity contribution is 6.62. The maximum absolute atomic E-state index is 9.81. The van der Waals surface area contributed by atoms with Crippen LogP contribution in [0.15, 0.2) is 84.9 Å². The summed E-state index contributed by atoms with van der Waals surface area (Å²) < 4.78 is 12.9. The van der Waals surface area contributed by atoms with E-state index in [0.29, 0.717) is 5.56 Å². The summed E-state index contributed by atoms with van der Waals surface area (Å²) in [5.41, 5.74) is 10.1. The van der Waals surface area contributed by atoms with Gasteiger partial charge in [0, 0.05) is 0 Å². The van der Waals surface area contributed by atoms with Crippen LogP contribution in [0.4, 0.5) is 0 Å². The second-order valence-corrected chi connectivity index (χ2v) is 11.1. The molecule has 0 radical (unpaired) electrons. The van der Waals surface area contributed by atoms with E-state index in [9.17, 15) is 5.26 Å². The topological polar surface area (TPSA) is 42.2 Å². The predicted molar refractivity (Wildman–Crippen MR) is 143 cm³/mol. The lowest BCUT2D eigenvalue weighted by Crippen LogP contribution is -2.41. The van der Waals surface area contributed by atoms with E-state index in [4.69, 9.17) is 9.31 Å². The molecule has 1 fully saturated rings. The lowest BCUT2D eigenvalue weighted by molar-refractivity contribution is 0.00578. The Bertz CT molecular complexity index is 1570. The molecule has 4 heteroatoms. The summed E-state index contributed by atoms with van der Waals surface area (Å²) in [5.74, 6) is 0. The molecule has 0 saturated carbocycles. The monoisotopic (exact) mass is 467 g/mol. The van der Waals surface area contributed by atoms with Crippen LogP contribution >= 0.6 is 0 Å².